The molecule has 5 nitrogen and oxygen atoms in total. The highest BCUT2D eigenvalue weighted by Gasteiger charge is 2.28. The Balaban J connectivity index is 2.33. The Hall–Kier alpha value is -1.57. The maximum absolute atomic E-state index is 11.8. The molecule has 0 aliphatic rings. The standard InChI is InChI=1S/C10H13F3N2O3/c1-7-3-8(14-18-7)4-15(2)9(16)5-17-6-10(11,12)13/h3H,4-6H2,1-2H3. The number of amides is 1. The van der Waals surface area contributed by atoms with Gasteiger partial charge in [-0.2, -0.15) is 13.2 Å². The van der Waals surface area contributed by atoms with E-state index in [1.807, 2.05) is 0 Å². The van der Waals surface area contributed by atoms with Crippen LogP contribution in [-0.4, -0.2) is 42.4 Å². The smallest absolute Gasteiger partial charge is 0.362 e. The predicted octanol–water partition coefficient (Wildman–Crippen LogP) is 1.52. The molecule has 1 rings (SSSR count). The minimum Gasteiger partial charge on any atom is -0.362 e. The highest BCUT2D eigenvalue weighted by Crippen LogP contribution is 2.14. The molecule has 0 aliphatic carbocycles. The number of aromatic nitrogens is 1. The van der Waals surface area contributed by atoms with Crippen molar-refractivity contribution in [3.05, 3.63) is 17.5 Å². The first-order chi connectivity index (χ1) is 8.28. The van der Waals surface area contributed by atoms with Crippen LogP contribution in [0, 0.1) is 6.92 Å². The average molecular weight is 266 g/mol. The summed E-state index contributed by atoms with van der Waals surface area (Å²) in [6.45, 7) is -0.196. The fourth-order valence-electron chi connectivity index (χ4n) is 1.19. The lowest BCUT2D eigenvalue weighted by Gasteiger charge is -2.15. The summed E-state index contributed by atoms with van der Waals surface area (Å²) in [6, 6.07) is 1.64. The van der Waals surface area contributed by atoms with Crippen LogP contribution in [0.25, 0.3) is 0 Å². The molecule has 0 fully saturated rings. The van der Waals surface area contributed by atoms with E-state index in [9.17, 15) is 18.0 Å². The summed E-state index contributed by atoms with van der Waals surface area (Å²) in [5.74, 6) is 0.0408. The van der Waals surface area contributed by atoms with E-state index in [2.05, 4.69) is 9.89 Å². The minimum absolute atomic E-state index is 0.158. The molecule has 102 valence electrons. The molecule has 0 aliphatic heterocycles. The van der Waals surface area contributed by atoms with E-state index < -0.39 is 25.3 Å². The number of aryl methyl sites for hydroxylation is 1. The number of carbonyl (C=O) groups excluding carboxylic acids is 1. The molecule has 0 spiro atoms. The summed E-state index contributed by atoms with van der Waals surface area (Å²) in [5, 5.41) is 3.67. The number of nitrogens with zero attached hydrogens (tertiary/aromatic N) is 2. The van der Waals surface area contributed by atoms with Gasteiger partial charge < -0.3 is 14.2 Å². The number of ether oxygens (including phenoxy) is 1. The van der Waals surface area contributed by atoms with Crippen LogP contribution in [0.1, 0.15) is 11.5 Å². The average Bonchev–Trinajstić information content (AvgIpc) is 2.61. The van der Waals surface area contributed by atoms with E-state index in [0.29, 0.717) is 11.5 Å². The largest absolute Gasteiger partial charge is 0.411 e. The quantitative estimate of drug-likeness (QED) is 0.810. The van der Waals surface area contributed by atoms with Gasteiger partial charge >= 0.3 is 6.18 Å². The third-order valence-electron chi connectivity index (χ3n) is 1.99. The summed E-state index contributed by atoms with van der Waals surface area (Å²) < 4.78 is 44.4. The van der Waals surface area contributed by atoms with Crippen LogP contribution >= 0.6 is 0 Å². The maximum atomic E-state index is 11.8. The number of alkyl halides is 3. The van der Waals surface area contributed by atoms with Crippen LogP contribution in [0.4, 0.5) is 13.2 Å². The molecule has 0 saturated heterocycles. The van der Waals surface area contributed by atoms with E-state index in [0.717, 1.165) is 0 Å². The Morgan fingerprint density at radius 2 is 2.22 bits per heavy atom. The Morgan fingerprint density at radius 1 is 1.56 bits per heavy atom. The van der Waals surface area contributed by atoms with Gasteiger partial charge in [0.05, 0.1) is 6.54 Å². The monoisotopic (exact) mass is 266 g/mol. The van der Waals surface area contributed by atoms with Gasteiger partial charge in [0.15, 0.2) is 0 Å². The van der Waals surface area contributed by atoms with Crippen molar-refractivity contribution in [2.24, 2.45) is 0 Å². The third-order valence-corrected chi connectivity index (χ3v) is 1.99. The van der Waals surface area contributed by atoms with Crippen molar-refractivity contribution >= 4 is 5.91 Å². The Kier molecular flexibility index (Phi) is 4.71. The first kappa shape index (κ1) is 14.5. The number of rotatable bonds is 5. The van der Waals surface area contributed by atoms with E-state index in [1.165, 1.54) is 11.9 Å². The third kappa shape index (κ3) is 5.17. The molecule has 0 saturated carbocycles. The van der Waals surface area contributed by atoms with Crippen molar-refractivity contribution in [2.45, 2.75) is 19.6 Å². The van der Waals surface area contributed by atoms with Crippen LogP contribution in [0.5, 0.6) is 0 Å². The lowest BCUT2D eigenvalue weighted by atomic mass is 10.3. The molecule has 18 heavy (non-hydrogen) atoms. The normalized spacial score (nSPS) is 11.6. The molecule has 0 unspecified atom stereocenters. The van der Waals surface area contributed by atoms with Gasteiger partial charge in [0, 0.05) is 13.1 Å². The molecule has 1 heterocycles. The second-order valence-corrected chi connectivity index (χ2v) is 3.79. The molecule has 0 atom stereocenters. The Morgan fingerprint density at radius 3 is 2.72 bits per heavy atom. The van der Waals surface area contributed by atoms with E-state index in [-0.39, 0.29) is 6.54 Å². The highest BCUT2D eigenvalue weighted by atomic mass is 19.4. The van der Waals surface area contributed by atoms with Gasteiger partial charge in [-0.1, -0.05) is 5.16 Å². The van der Waals surface area contributed by atoms with Gasteiger partial charge in [0.1, 0.15) is 24.7 Å². The molecule has 0 radical (unpaired) electrons. The second kappa shape index (κ2) is 5.85. The fraction of sp³-hybridized carbons (Fsp3) is 0.600. The molecule has 1 aromatic rings. The number of hydrogen-bond acceptors (Lipinski definition) is 4. The van der Waals surface area contributed by atoms with Gasteiger partial charge in [-0.3, -0.25) is 4.79 Å². The first-order valence-corrected chi connectivity index (χ1v) is 5.08. The SMILES string of the molecule is Cc1cc(CN(C)C(=O)COCC(F)(F)F)no1. The number of hydrogen-bond donors (Lipinski definition) is 0. The molecule has 0 bridgehead atoms. The molecular weight excluding hydrogens is 253 g/mol. The molecule has 1 aromatic heterocycles. The first-order valence-electron chi connectivity index (χ1n) is 5.08. The van der Waals surface area contributed by atoms with Crippen LogP contribution in [0.15, 0.2) is 10.6 Å². The van der Waals surface area contributed by atoms with Crippen molar-refractivity contribution in [3.8, 4) is 0 Å². The van der Waals surface area contributed by atoms with Crippen LogP contribution < -0.4 is 0 Å². The molecule has 0 aromatic carbocycles. The van der Waals surface area contributed by atoms with Crippen molar-refractivity contribution in [2.75, 3.05) is 20.3 Å². The van der Waals surface area contributed by atoms with Gasteiger partial charge in [0.25, 0.3) is 0 Å². The topological polar surface area (TPSA) is 55.6 Å². The van der Waals surface area contributed by atoms with Crippen LogP contribution in [0.3, 0.4) is 0 Å². The number of likely N-dealkylation sites (N-methyl/N-ethyl adjacent to an activating group) is 1. The summed E-state index contributed by atoms with van der Waals surface area (Å²) >= 11 is 0. The molecular formula is C10H13F3N2O3. The van der Waals surface area contributed by atoms with Crippen LogP contribution in [0.2, 0.25) is 0 Å². The van der Waals surface area contributed by atoms with Crippen molar-refractivity contribution in [3.63, 3.8) is 0 Å². The molecule has 1 amide bonds. The van der Waals surface area contributed by atoms with Crippen LogP contribution in [-0.2, 0) is 16.1 Å². The Bertz CT molecular complexity index is 403. The molecule has 0 N–H and O–H groups in total. The van der Waals surface area contributed by atoms with E-state index in [4.69, 9.17) is 4.52 Å². The Labute approximate surface area is 101 Å². The van der Waals surface area contributed by atoms with Crippen molar-refractivity contribution in [1.82, 2.24) is 10.1 Å². The highest BCUT2D eigenvalue weighted by molar-refractivity contribution is 5.77. The summed E-state index contributed by atoms with van der Waals surface area (Å²) in [6.07, 6.45) is -4.43. The second-order valence-electron chi connectivity index (χ2n) is 3.79. The predicted molar refractivity (Wildman–Crippen MR) is 54.6 cm³/mol. The summed E-state index contributed by atoms with van der Waals surface area (Å²) in [7, 11) is 1.45. The zero-order valence-electron chi connectivity index (χ0n) is 9.95. The van der Waals surface area contributed by atoms with E-state index >= 15 is 0 Å². The van der Waals surface area contributed by atoms with Gasteiger partial charge in [-0.15, -0.1) is 0 Å². The zero-order chi connectivity index (χ0) is 13.8. The summed E-state index contributed by atoms with van der Waals surface area (Å²) in [5.41, 5.74) is 0.527. The lowest BCUT2D eigenvalue weighted by molar-refractivity contribution is -0.177. The van der Waals surface area contributed by atoms with E-state index in [1.54, 1.807) is 13.0 Å². The fourth-order valence-corrected chi connectivity index (χ4v) is 1.19. The minimum atomic E-state index is -4.43. The van der Waals surface area contributed by atoms with Gasteiger partial charge in [0.2, 0.25) is 5.91 Å². The lowest BCUT2D eigenvalue weighted by Crippen LogP contribution is -2.31. The maximum Gasteiger partial charge on any atom is 0.411 e. The zero-order valence-corrected chi connectivity index (χ0v) is 9.95. The van der Waals surface area contributed by atoms with Crippen molar-refractivity contribution < 1.29 is 27.2 Å². The number of halogens is 3. The summed E-state index contributed by atoms with van der Waals surface area (Å²) in [4.78, 5) is 12.6. The van der Waals surface area contributed by atoms with Gasteiger partial charge in [-0.25, -0.2) is 0 Å². The van der Waals surface area contributed by atoms with Crippen molar-refractivity contribution in [1.29, 1.82) is 0 Å². The van der Waals surface area contributed by atoms with Gasteiger partial charge in [-0.05, 0) is 6.92 Å². The molecule has 8 heteroatoms. The number of carbonyl (C=O) groups is 1.